The van der Waals surface area contributed by atoms with Crippen molar-refractivity contribution in [1.82, 2.24) is 0 Å². The maximum Gasteiger partial charge on any atom is 0.261 e. The Kier molecular flexibility index (Phi) is 7.09. The van der Waals surface area contributed by atoms with E-state index in [1.807, 2.05) is 18.2 Å². The molecule has 0 radical (unpaired) electrons. The van der Waals surface area contributed by atoms with Crippen LogP contribution in [0, 0.1) is 0 Å². The van der Waals surface area contributed by atoms with Crippen molar-refractivity contribution in [3.05, 3.63) is 76.8 Å². The van der Waals surface area contributed by atoms with Crippen molar-refractivity contribution >= 4 is 39.5 Å². The Morgan fingerprint density at radius 2 is 1.45 bits per heavy atom. The lowest BCUT2D eigenvalue weighted by atomic mass is 10.1. The fourth-order valence-corrected chi connectivity index (χ4v) is 4.15. The summed E-state index contributed by atoms with van der Waals surface area (Å²) in [6, 6.07) is 16.7. The average Bonchev–Trinajstić information content (AvgIpc) is 2.77. The Balaban J connectivity index is 1.92. The summed E-state index contributed by atoms with van der Waals surface area (Å²) in [4.78, 5) is 0.125. The lowest BCUT2D eigenvalue weighted by molar-refractivity contribution is 0.324. The molecule has 0 atom stereocenters. The molecular weight excluding hydrogens is 438 g/mol. The molecule has 1 N–H and O–H groups in total. The highest BCUT2D eigenvalue weighted by atomic mass is 35.5. The third kappa shape index (κ3) is 5.31. The van der Waals surface area contributed by atoms with Crippen molar-refractivity contribution in [3.8, 4) is 17.2 Å². The summed E-state index contributed by atoms with van der Waals surface area (Å²) in [6.07, 6.45) is 3.64. The van der Waals surface area contributed by atoms with Crippen LogP contribution in [0.3, 0.4) is 0 Å². The molecule has 6 nitrogen and oxygen atoms in total. The second-order valence-corrected chi connectivity index (χ2v) is 8.56. The molecule has 0 heterocycles. The summed E-state index contributed by atoms with van der Waals surface area (Å²) >= 11 is 5.86. The number of benzene rings is 3. The van der Waals surface area contributed by atoms with Crippen LogP contribution in [0.15, 0.2) is 65.6 Å². The van der Waals surface area contributed by atoms with Gasteiger partial charge in [0.05, 0.1) is 31.9 Å². The number of sulfonamides is 1. The van der Waals surface area contributed by atoms with Crippen molar-refractivity contribution < 1.29 is 22.6 Å². The third-order valence-corrected chi connectivity index (χ3v) is 6.10. The molecule has 0 bridgehead atoms. The van der Waals surface area contributed by atoms with Crippen LogP contribution in [0.5, 0.6) is 17.2 Å². The molecular formula is C23H22ClNO5S. The summed E-state index contributed by atoms with van der Waals surface area (Å²) in [5, 5.41) is 0.465. The van der Waals surface area contributed by atoms with Gasteiger partial charge in [0.15, 0.2) is 11.5 Å². The number of anilines is 1. The normalized spacial score (nSPS) is 11.4. The van der Waals surface area contributed by atoms with Crippen LogP contribution >= 0.6 is 11.6 Å². The molecule has 31 heavy (non-hydrogen) atoms. The van der Waals surface area contributed by atoms with Crippen LogP contribution in [0.1, 0.15) is 11.1 Å². The standard InChI is InChI=1S/C23H22ClNO5S/c1-28-21-14-16(15-22(29-2)23(21)30-3)8-9-17-6-4-5-7-20(17)25-31(26,27)19-12-10-18(24)11-13-19/h4-15,25H,1-3H3/b9-8-. The third-order valence-electron chi connectivity index (χ3n) is 4.47. The van der Waals surface area contributed by atoms with Crippen LogP contribution in [-0.2, 0) is 10.0 Å². The van der Waals surface area contributed by atoms with E-state index in [1.54, 1.807) is 51.7 Å². The minimum absolute atomic E-state index is 0.125. The molecule has 0 amide bonds. The molecule has 3 rings (SSSR count). The number of rotatable bonds is 8. The van der Waals surface area contributed by atoms with Gasteiger partial charge in [-0.15, -0.1) is 0 Å². The quantitative estimate of drug-likeness (QED) is 0.460. The first-order valence-electron chi connectivity index (χ1n) is 9.23. The fourth-order valence-electron chi connectivity index (χ4n) is 2.94. The lowest BCUT2D eigenvalue weighted by Gasteiger charge is -2.13. The van der Waals surface area contributed by atoms with Gasteiger partial charge in [-0.2, -0.15) is 0 Å². The number of ether oxygens (including phenoxy) is 3. The van der Waals surface area contributed by atoms with Gasteiger partial charge in [-0.05, 0) is 53.6 Å². The van der Waals surface area contributed by atoms with Crippen LogP contribution < -0.4 is 18.9 Å². The SMILES string of the molecule is COc1cc(/C=C\c2ccccc2NS(=O)(=O)c2ccc(Cl)cc2)cc(OC)c1OC. The second-order valence-electron chi connectivity index (χ2n) is 6.44. The number of hydrogen-bond acceptors (Lipinski definition) is 5. The predicted molar refractivity (Wildman–Crippen MR) is 124 cm³/mol. The van der Waals surface area contributed by atoms with Gasteiger partial charge >= 0.3 is 0 Å². The van der Waals surface area contributed by atoms with Gasteiger partial charge in [0.2, 0.25) is 5.75 Å². The molecule has 0 unspecified atom stereocenters. The molecule has 0 fully saturated rings. The van der Waals surface area contributed by atoms with E-state index in [4.69, 9.17) is 25.8 Å². The van der Waals surface area contributed by atoms with Crippen molar-refractivity contribution in [2.45, 2.75) is 4.90 Å². The average molecular weight is 460 g/mol. The van der Waals surface area contributed by atoms with Gasteiger partial charge in [0.1, 0.15) is 0 Å². The largest absolute Gasteiger partial charge is 0.493 e. The summed E-state index contributed by atoms with van der Waals surface area (Å²) in [5.74, 6) is 1.55. The Morgan fingerprint density at radius 3 is 2.03 bits per heavy atom. The zero-order chi connectivity index (χ0) is 22.4. The zero-order valence-corrected chi connectivity index (χ0v) is 18.8. The van der Waals surface area contributed by atoms with Gasteiger partial charge < -0.3 is 14.2 Å². The molecule has 3 aromatic carbocycles. The number of nitrogens with one attached hydrogen (secondary N) is 1. The second kappa shape index (κ2) is 9.76. The highest BCUT2D eigenvalue weighted by molar-refractivity contribution is 7.92. The van der Waals surface area contributed by atoms with Crippen LogP contribution in [0.4, 0.5) is 5.69 Å². The number of halogens is 1. The van der Waals surface area contributed by atoms with Crippen LogP contribution in [-0.4, -0.2) is 29.7 Å². The van der Waals surface area contributed by atoms with Crippen molar-refractivity contribution in [2.75, 3.05) is 26.1 Å². The highest BCUT2D eigenvalue weighted by Crippen LogP contribution is 2.38. The van der Waals surface area contributed by atoms with Crippen molar-refractivity contribution in [1.29, 1.82) is 0 Å². The fraction of sp³-hybridized carbons (Fsp3) is 0.130. The molecule has 0 aliphatic heterocycles. The predicted octanol–water partition coefficient (Wildman–Crippen LogP) is 5.34. The van der Waals surface area contributed by atoms with E-state index >= 15 is 0 Å². The van der Waals surface area contributed by atoms with Crippen molar-refractivity contribution in [3.63, 3.8) is 0 Å². The van der Waals surface area contributed by atoms with Crippen LogP contribution in [0.2, 0.25) is 5.02 Å². The molecule has 0 spiro atoms. The Bertz CT molecular complexity index is 1170. The van der Waals surface area contributed by atoms with Gasteiger partial charge in [0, 0.05) is 5.02 Å². The topological polar surface area (TPSA) is 73.9 Å². The first-order chi connectivity index (χ1) is 14.9. The van der Waals surface area contributed by atoms with E-state index in [1.165, 1.54) is 24.3 Å². The first kappa shape index (κ1) is 22.5. The summed E-state index contributed by atoms with van der Waals surface area (Å²) in [5.41, 5.74) is 1.93. The maximum atomic E-state index is 12.8. The molecule has 0 aliphatic carbocycles. The summed E-state index contributed by atoms with van der Waals surface area (Å²) in [7, 11) is 0.870. The zero-order valence-electron chi connectivity index (χ0n) is 17.3. The minimum atomic E-state index is -3.76. The molecule has 3 aromatic rings. The lowest BCUT2D eigenvalue weighted by Crippen LogP contribution is -2.13. The minimum Gasteiger partial charge on any atom is -0.493 e. The van der Waals surface area contributed by atoms with E-state index in [0.717, 1.165) is 5.56 Å². The smallest absolute Gasteiger partial charge is 0.261 e. The van der Waals surface area contributed by atoms with Gasteiger partial charge in [-0.25, -0.2) is 8.42 Å². The Hall–Kier alpha value is -3.16. The monoisotopic (exact) mass is 459 g/mol. The highest BCUT2D eigenvalue weighted by Gasteiger charge is 2.16. The van der Waals surface area contributed by atoms with E-state index in [2.05, 4.69) is 4.72 Å². The van der Waals surface area contributed by atoms with Gasteiger partial charge in [-0.3, -0.25) is 4.72 Å². The van der Waals surface area contributed by atoms with E-state index in [0.29, 0.717) is 33.5 Å². The Labute approximate surface area is 187 Å². The molecule has 0 saturated carbocycles. The van der Waals surface area contributed by atoms with Gasteiger partial charge in [0.25, 0.3) is 10.0 Å². The van der Waals surface area contributed by atoms with Crippen LogP contribution in [0.25, 0.3) is 12.2 Å². The number of para-hydroxylation sites is 1. The molecule has 0 aliphatic rings. The first-order valence-corrected chi connectivity index (χ1v) is 11.1. The van der Waals surface area contributed by atoms with E-state index in [-0.39, 0.29) is 4.90 Å². The maximum absolute atomic E-state index is 12.8. The van der Waals surface area contributed by atoms with Crippen molar-refractivity contribution in [2.24, 2.45) is 0 Å². The molecule has 162 valence electrons. The molecule has 0 aromatic heterocycles. The number of hydrogen-bond donors (Lipinski definition) is 1. The van der Waals surface area contributed by atoms with E-state index < -0.39 is 10.0 Å². The summed E-state index contributed by atoms with van der Waals surface area (Å²) < 4.78 is 44.2. The Morgan fingerprint density at radius 1 is 0.839 bits per heavy atom. The van der Waals surface area contributed by atoms with Gasteiger partial charge in [-0.1, -0.05) is 42.0 Å². The number of methoxy groups -OCH3 is 3. The van der Waals surface area contributed by atoms with E-state index in [9.17, 15) is 8.42 Å². The molecule has 8 heteroatoms. The summed E-state index contributed by atoms with van der Waals surface area (Å²) in [6.45, 7) is 0. The molecule has 0 saturated heterocycles.